The summed E-state index contributed by atoms with van der Waals surface area (Å²) in [5.74, 6) is 0. The van der Waals surface area contributed by atoms with Crippen molar-refractivity contribution in [2.24, 2.45) is 0 Å². The first-order valence-electron chi connectivity index (χ1n) is 5.05. The molecule has 0 aromatic rings. The summed E-state index contributed by atoms with van der Waals surface area (Å²) >= 11 is 0. The quantitative estimate of drug-likeness (QED) is 0.538. The predicted molar refractivity (Wildman–Crippen MR) is 58.1 cm³/mol. The van der Waals surface area contributed by atoms with Gasteiger partial charge in [0.15, 0.2) is 0 Å². The molecule has 2 heteroatoms. The number of unbranched alkanes of at least 4 members (excludes halogenated alkanes) is 4. The number of quaternary nitrogens is 1. The van der Waals surface area contributed by atoms with E-state index in [1.807, 2.05) is 0 Å². The molecule has 0 radical (unpaired) electrons. The first-order valence-corrected chi connectivity index (χ1v) is 5.05. The van der Waals surface area contributed by atoms with Crippen molar-refractivity contribution in [1.82, 2.24) is 6.15 Å². The van der Waals surface area contributed by atoms with Gasteiger partial charge in [-0.2, -0.15) is 0 Å². The third-order valence-electron chi connectivity index (χ3n) is 1.84. The molecule has 0 atom stereocenters. The molecule has 0 saturated heterocycles. The molecule has 0 rings (SSSR count). The highest BCUT2D eigenvalue weighted by Crippen LogP contribution is 2.01. The maximum absolute atomic E-state index is 4.45. The maximum atomic E-state index is 4.45. The molecule has 0 aromatic carbocycles. The minimum absolute atomic E-state index is 0. The van der Waals surface area contributed by atoms with Crippen LogP contribution < -0.4 is 6.15 Å². The van der Waals surface area contributed by atoms with Gasteiger partial charge in [-0.15, -0.1) is 13.1 Å². The lowest BCUT2D eigenvalue weighted by atomic mass is 10.2. The van der Waals surface area contributed by atoms with Crippen molar-refractivity contribution in [3.8, 4) is 0 Å². The Balaban J connectivity index is 0. The van der Waals surface area contributed by atoms with Crippen LogP contribution >= 0.6 is 0 Å². The van der Waals surface area contributed by atoms with Gasteiger partial charge in [-0.05, 0) is 0 Å². The Morgan fingerprint density at radius 2 is 1.17 bits per heavy atom. The Kier molecular flexibility index (Phi) is 16.3. The minimum Gasteiger partial charge on any atom is -0.662 e. The molecule has 2 nitrogen and oxygen atoms in total. The molecule has 0 spiro atoms. The fraction of sp³-hybridized carbons (Fsp3) is 1.00. The van der Waals surface area contributed by atoms with E-state index in [1.54, 1.807) is 0 Å². The summed E-state index contributed by atoms with van der Waals surface area (Å²) in [6, 6.07) is 0. The highest BCUT2D eigenvalue weighted by atomic mass is 14.8. The first kappa shape index (κ1) is 14.4. The van der Waals surface area contributed by atoms with Crippen LogP contribution in [0.25, 0.3) is 5.32 Å². The highest BCUT2D eigenvalue weighted by molar-refractivity contribution is 4.77. The van der Waals surface area contributed by atoms with Crippen LogP contribution in [0.2, 0.25) is 0 Å². The van der Waals surface area contributed by atoms with Gasteiger partial charge in [-0.1, -0.05) is 52.4 Å². The molecular formula is C10H26N2. The van der Waals surface area contributed by atoms with Gasteiger partial charge in [0.2, 0.25) is 0 Å². The van der Waals surface area contributed by atoms with Gasteiger partial charge in [0.05, 0.1) is 0 Å². The van der Waals surface area contributed by atoms with Crippen molar-refractivity contribution in [2.45, 2.75) is 52.4 Å². The van der Waals surface area contributed by atoms with Crippen LogP contribution in [0.1, 0.15) is 52.4 Å². The van der Waals surface area contributed by atoms with Crippen molar-refractivity contribution in [1.29, 1.82) is 0 Å². The molecule has 0 bridgehead atoms. The van der Waals surface area contributed by atoms with Crippen LogP contribution in [-0.4, -0.2) is 13.1 Å². The lowest BCUT2D eigenvalue weighted by Crippen LogP contribution is -1.89. The van der Waals surface area contributed by atoms with E-state index >= 15 is 0 Å². The van der Waals surface area contributed by atoms with E-state index < -0.39 is 0 Å². The summed E-state index contributed by atoms with van der Waals surface area (Å²) in [7, 11) is 0. The van der Waals surface area contributed by atoms with Gasteiger partial charge in [-0.3, -0.25) is 0 Å². The minimum atomic E-state index is 0. The zero-order valence-corrected chi connectivity index (χ0v) is 9.10. The van der Waals surface area contributed by atoms with Crippen molar-refractivity contribution in [3.63, 3.8) is 0 Å². The van der Waals surface area contributed by atoms with E-state index in [2.05, 4.69) is 19.2 Å². The third kappa shape index (κ3) is 12.6. The van der Waals surface area contributed by atoms with Crippen LogP contribution in [0, 0.1) is 0 Å². The molecule has 0 fully saturated rings. The van der Waals surface area contributed by atoms with E-state index in [0.717, 1.165) is 13.1 Å². The number of nitrogens with zero attached hydrogens (tertiary/aromatic N) is 1. The van der Waals surface area contributed by atoms with Gasteiger partial charge in [0.1, 0.15) is 0 Å². The van der Waals surface area contributed by atoms with Gasteiger partial charge in [-0.25, -0.2) is 0 Å². The molecule has 4 N–H and O–H groups in total. The Morgan fingerprint density at radius 3 is 1.50 bits per heavy atom. The fourth-order valence-electron chi connectivity index (χ4n) is 1.06. The van der Waals surface area contributed by atoms with Crippen LogP contribution in [0.15, 0.2) is 0 Å². The topological polar surface area (TPSA) is 50.6 Å². The summed E-state index contributed by atoms with van der Waals surface area (Å²) in [6.45, 7) is 6.66. The monoisotopic (exact) mass is 174 g/mol. The second-order valence-electron chi connectivity index (χ2n) is 3.09. The number of rotatable bonds is 8. The molecule has 0 aliphatic rings. The summed E-state index contributed by atoms with van der Waals surface area (Å²) in [5, 5.41) is 4.45. The Hall–Kier alpha value is -0.0800. The lowest BCUT2D eigenvalue weighted by molar-refractivity contribution is 0.711. The third-order valence-corrected chi connectivity index (χ3v) is 1.84. The largest absolute Gasteiger partial charge is 0.662 e. The van der Waals surface area contributed by atoms with E-state index in [0.29, 0.717) is 0 Å². The highest BCUT2D eigenvalue weighted by Gasteiger charge is 1.78. The summed E-state index contributed by atoms with van der Waals surface area (Å²) in [6.07, 6.45) is 7.90. The molecule has 0 aromatic heterocycles. The van der Waals surface area contributed by atoms with Crippen LogP contribution in [0.5, 0.6) is 0 Å². The molecule has 0 saturated carbocycles. The summed E-state index contributed by atoms with van der Waals surface area (Å²) in [4.78, 5) is 0. The fourth-order valence-corrected chi connectivity index (χ4v) is 1.06. The van der Waals surface area contributed by atoms with Crippen molar-refractivity contribution in [3.05, 3.63) is 5.32 Å². The molecule has 0 aliphatic heterocycles. The van der Waals surface area contributed by atoms with Crippen molar-refractivity contribution in [2.75, 3.05) is 13.1 Å². The average molecular weight is 174 g/mol. The van der Waals surface area contributed by atoms with Gasteiger partial charge in [0.25, 0.3) is 0 Å². The average Bonchev–Trinajstić information content (AvgIpc) is 2.03. The molecule has 0 unspecified atom stereocenters. The van der Waals surface area contributed by atoms with E-state index in [9.17, 15) is 0 Å². The Morgan fingerprint density at radius 1 is 0.750 bits per heavy atom. The SMILES string of the molecule is CCCCC[N-]CCCCC.[NH4+]. The van der Waals surface area contributed by atoms with Gasteiger partial charge < -0.3 is 11.5 Å². The normalized spacial score (nSPS) is 9.50. The second kappa shape index (κ2) is 13.5. The second-order valence-corrected chi connectivity index (χ2v) is 3.09. The molecule has 76 valence electrons. The lowest BCUT2D eigenvalue weighted by Gasteiger charge is -2.17. The first-order chi connectivity index (χ1) is 5.41. The van der Waals surface area contributed by atoms with Crippen LogP contribution in [0.3, 0.4) is 0 Å². The van der Waals surface area contributed by atoms with Crippen molar-refractivity contribution < 1.29 is 0 Å². The van der Waals surface area contributed by atoms with Crippen LogP contribution in [-0.2, 0) is 0 Å². The Labute approximate surface area is 77.7 Å². The molecule has 0 amide bonds. The van der Waals surface area contributed by atoms with Crippen molar-refractivity contribution >= 4 is 0 Å². The van der Waals surface area contributed by atoms with E-state index in [4.69, 9.17) is 0 Å². The number of hydrogen-bond acceptors (Lipinski definition) is 0. The van der Waals surface area contributed by atoms with Crippen LogP contribution in [0.4, 0.5) is 0 Å². The van der Waals surface area contributed by atoms with E-state index in [-0.39, 0.29) is 6.15 Å². The summed E-state index contributed by atoms with van der Waals surface area (Å²) < 4.78 is 0. The van der Waals surface area contributed by atoms with Gasteiger partial charge >= 0.3 is 0 Å². The number of hydrogen-bond donors (Lipinski definition) is 1. The maximum Gasteiger partial charge on any atom is -0.0552 e. The molecule has 0 aliphatic carbocycles. The zero-order valence-electron chi connectivity index (χ0n) is 9.10. The summed E-state index contributed by atoms with van der Waals surface area (Å²) in [5.41, 5.74) is 0. The molecule has 12 heavy (non-hydrogen) atoms. The Bertz CT molecular complexity index is 56.9. The van der Waals surface area contributed by atoms with Gasteiger partial charge in [0, 0.05) is 0 Å². The smallest absolute Gasteiger partial charge is 0.0552 e. The molecule has 0 heterocycles. The standard InChI is InChI=1S/C10H22N.H3N/c1-3-5-7-9-11-10-8-6-4-2;/h3-10H2,1-2H3;1H3/q-1;/p+1. The van der Waals surface area contributed by atoms with E-state index in [1.165, 1.54) is 38.5 Å². The molecular weight excluding hydrogens is 148 g/mol. The zero-order chi connectivity index (χ0) is 8.36. The predicted octanol–water partition coefficient (Wildman–Crippen LogP) is 4.12.